The second kappa shape index (κ2) is 11.0. The number of benzene rings is 8. The molecule has 0 aliphatic heterocycles. The fourth-order valence-corrected chi connectivity index (χ4v) is 8.92. The molecule has 0 saturated carbocycles. The number of fused-ring (bicyclic) bond motifs is 9. The molecular formula is C50H33N. The van der Waals surface area contributed by atoms with Crippen LogP contribution in [0.1, 0.15) is 33.7 Å². The fourth-order valence-electron chi connectivity index (χ4n) is 8.92. The minimum absolute atomic E-state index is 0.214. The first kappa shape index (κ1) is 28.4. The van der Waals surface area contributed by atoms with Gasteiger partial charge in [-0.1, -0.05) is 140 Å². The predicted molar refractivity (Wildman–Crippen MR) is 213 cm³/mol. The van der Waals surface area contributed by atoms with E-state index in [1.807, 2.05) is 0 Å². The molecule has 0 bridgehead atoms. The summed E-state index contributed by atoms with van der Waals surface area (Å²) in [6.45, 7) is 0. The van der Waals surface area contributed by atoms with Gasteiger partial charge in [0.25, 0.3) is 0 Å². The topological polar surface area (TPSA) is 4.93 Å². The lowest BCUT2D eigenvalue weighted by Crippen LogP contribution is -1.99. The quantitative estimate of drug-likeness (QED) is 0.179. The van der Waals surface area contributed by atoms with Gasteiger partial charge in [0.15, 0.2) is 0 Å². The lowest BCUT2D eigenvalue weighted by Gasteiger charge is -2.15. The normalized spacial score (nSPS) is 14.0. The molecule has 1 heterocycles. The molecule has 9 aromatic rings. The van der Waals surface area contributed by atoms with Gasteiger partial charge in [-0.05, 0) is 121 Å². The van der Waals surface area contributed by atoms with Gasteiger partial charge in [0.1, 0.15) is 0 Å². The van der Waals surface area contributed by atoms with Gasteiger partial charge in [-0.15, -0.1) is 0 Å². The molecule has 0 N–H and O–H groups in total. The van der Waals surface area contributed by atoms with E-state index in [0.717, 1.165) is 6.42 Å². The van der Waals surface area contributed by atoms with Gasteiger partial charge >= 0.3 is 0 Å². The van der Waals surface area contributed by atoms with Crippen molar-refractivity contribution < 1.29 is 0 Å². The van der Waals surface area contributed by atoms with Gasteiger partial charge in [-0.25, -0.2) is 0 Å². The van der Waals surface area contributed by atoms with Crippen molar-refractivity contribution in [3.8, 4) is 50.2 Å². The van der Waals surface area contributed by atoms with Crippen molar-refractivity contribution >= 4 is 21.8 Å². The van der Waals surface area contributed by atoms with E-state index in [2.05, 4.69) is 187 Å². The van der Waals surface area contributed by atoms with Crippen LogP contribution in [-0.2, 0) is 6.42 Å². The number of hydrogen-bond donors (Lipinski definition) is 0. The van der Waals surface area contributed by atoms with Gasteiger partial charge in [-0.2, -0.15) is 0 Å². The Morgan fingerprint density at radius 1 is 0.373 bits per heavy atom. The van der Waals surface area contributed by atoms with Crippen LogP contribution in [0, 0.1) is 0 Å². The summed E-state index contributed by atoms with van der Waals surface area (Å²) in [6.07, 6.45) is 0.984. The van der Waals surface area contributed by atoms with Crippen molar-refractivity contribution in [1.82, 2.24) is 4.57 Å². The first-order valence-electron chi connectivity index (χ1n) is 17.9. The van der Waals surface area contributed by atoms with Crippen LogP contribution in [0.2, 0.25) is 0 Å². The molecule has 0 spiro atoms. The summed E-state index contributed by atoms with van der Waals surface area (Å²) >= 11 is 0. The van der Waals surface area contributed by atoms with Crippen molar-refractivity contribution in [2.45, 2.75) is 12.3 Å². The monoisotopic (exact) mass is 647 g/mol. The Kier molecular flexibility index (Phi) is 6.15. The van der Waals surface area contributed by atoms with Crippen LogP contribution < -0.4 is 0 Å². The molecule has 0 amide bonds. The minimum atomic E-state index is 0.214. The van der Waals surface area contributed by atoms with Crippen molar-refractivity contribution in [1.29, 1.82) is 0 Å². The van der Waals surface area contributed by atoms with Crippen LogP contribution in [0.3, 0.4) is 0 Å². The largest absolute Gasteiger partial charge is 0.309 e. The maximum absolute atomic E-state index is 2.45. The molecular weight excluding hydrogens is 615 g/mol. The average Bonchev–Trinajstić information content (AvgIpc) is 3.84. The molecule has 0 saturated heterocycles. The standard InChI is InChI=1S/C50H33N/c1-3-11-32(12-4-1)33-19-21-34(22-20-33)50-42-18-10-9-17-41(42)45-28-35(23-25-43(45)50)36-24-26-48-46(29-36)47-31-44-38(27-37-13-7-8-16-40(37)44)30-49(47)51(48)39-14-5-2-6-15-39/h1-26,28-31,50H,27H2. The molecule has 2 aliphatic carbocycles. The maximum atomic E-state index is 2.45. The zero-order chi connectivity index (χ0) is 33.5. The van der Waals surface area contributed by atoms with Crippen molar-refractivity contribution in [2.24, 2.45) is 0 Å². The molecule has 1 unspecified atom stereocenters. The van der Waals surface area contributed by atoms with E-state index in [0.29, 0.717) is 0 Å². The smallest absolute Gasteiger partial charge is 0.0544 e. The second-order valence-electron chi connectivity index (χ2n) is 14.1. The number of para-hydroxylation sites is 1. The van der Waals surface area contributed by atoms with Crippen LogP contribution in [-0.4, -0.2) is 4.57 Å². The molecule has 1 atom stereocenters. The Labute approximate surface area is 297 Å². The van der Waals surface area contributed by atoms with Crippen LogP contribution in [0.15, 0.2) is 182 Å². The highest BCUT2D eigenvalue weighted by atomic mass is 15.0. The van der Waals surface area contributed by atoms with Crippen LogP contribution in [0.25, 0.3) is 72.0 Å². The summed E-state index contributed by atoms with van der Waals surface area (Å²) < 4.78 is 2.45. The Morgan fingerprint density at radius 3 is 1.84 bits per heavy atom. The Hall–Kier alpha value is -6.44. The minimum Gasteiger partial charge on any atom is -0.309 e. The highest BCUT2D eigenvalue weighted by molar-refractivity contribution is 6.12. The van der Waals surface area contributed by atoms with E-state index in [1.54, 1.807) is 0 Å². The third-order valence-corrected chi connectivity index (χ3v) is 11.3. The van der Waals surface area contributed by atoms with Crippen LogP contribution in [0.4, 0.5) is 0 Å². The zero-order valence-electron chi connectivity index (χ0n) is 28.1. The molecule has 1 nitrogen and oxygen atoms in total. The highest BCUT2D eigenvalue weighted by Gasteiger charge is 2.30. The summed E-state index contributed by atoms with van der Waals surface area (Å²) in [5, 5.41) is 2.59. The molecule has 0 radical (unpaired) electrons. The SMILES string of the molecule is c1ccc(-c2ccc(C3c4ccccc4-c4cc(-c5ccc6c(c5)c5cc7c(cc5n6-c5ccccc5)Cc5ccccc5-7)ccc43)cc2)cc1. The van der Waals surface area contributed by atoms with Gasteiger partial charge < -0.3 is 4.57 Å². The van der Waals surface area contributed by atoms with Gasteiger partial charge in [0.05, 0.1) is 11.0 Å². The first-order chi connectivity index (χ1) is 25.3. The number of nitrogens with zero attached hydrogens (tertiary/aromatic N) is 1. The molecule has 2 aliphatic rings. The summed E-state index contributed by atoms with van der Waals surface area (Å²) in [5.74, 6) is 0.214. The summed E-state index contributed by atoms with van der Waals surface area (Å²) in [5.41, 5.74) is 21.0. The third-order valence-electron chi connectivity index (χ3n) is 11.3. The lowest BCUT2D eigenvalue weighted by molar-refractivity contribution is 1.02. The molecule has 8 aromatic carbocycles. The van der Waals surface area contributed by atoms with Crippen molar-refractivity contribution in [3.63, 3.8) is 0 Å². The van der Waals surface area contributed by atoms with Crippen LogP contribution >= 0.6 is 0 Å². The number of hydrogen-bond acceptors (Lipinski definition) is 0. The Balaban J connectivity index is 1.06. The van der Waals surface area contributed by atoms with Gasteiger partial charge in [-0.3, -0.25) is 0 Å². The van der Waals surface area contributed by atoms with E-state index in [4.69, 9.17) is 0 Å². The highest BCUT2D eigenvalue weighted by Crippen LogP contribution is 2.50. The number of rotatable bonds is 4. The fraction of sp³-hybridized carbons (Fsp3) is 0.0400. The van der Waals surface area contributed by atoms with E-state index < -0.39 is 0 Å². The molecule has 238 valence electrons. The molecule has 1 heteroatoms. The lowest BCUT2D eigenvalue weighted by atomic mass is 9.88. The third kappa shape index (κ3) is 4.35. The zero-order valence-corrected chi connectivity index (χ0v) is 28.1. The number of aromatic nitrogens is 1. The first-order valence-corrected chi connectivity index (χ1v) is 17.9. The van der Waals surface area contributed by atoms with E-state index >= 15 is 0 Å². The molecule has 1 aromatic heterocycles. The second-order valence-corrected chi connectivity index (χ2v) is 14.1. The molecule has 0 fully saturated rings. The Morgan fingerprint density at radius 2 is 1.00 bits per heavy atom. The maximum Gasteiger partial charge on any atom is 0.0544 e. The van der Waals surface area contributed by atoms with Gasteiger partial charge in [0.2, 0.25) is 0 Å². The predicted octanol–water partition coefficient (Wildman–Crippen LogP) is 12.8. The van der Waals surface area contributed by atoms with E-state index in [-0.39, 0.29) is 5.92 Å². The Bertz CT molecular complexity index is 2800. The van der Waals surface area contributed by atoms with E-state index in [9.17, 15) is 0 Å². The summed E-state index contributed by atoms with van der Waals surface area (Å²) in [6, 6.07) is 67.6. The van der Waals surface area contributed by atoms with Gasteiger partial charge in [0, 0.05) is 22.4 Å². The van der Waals surface area contributed by atoms with Crippen molar-refractivity contribution in [2.75, 3.05) is 0 Å². The average molecular weight is 648 g/mol. The summed E-state index contributed by atoms with van der Waals surface area (Å²) in [4.78, 5) is 0. The van der Waals surface area contributed by atoms with Crippen LogP contribution in [0.5, 0.6) is 0 Å². The summed E-state index contributed by atoms with van der Waals surface area (Å²) in [7, 11) is 0. The molecule has 51 heavy (non-hydrogen) atoms. The van der Waals surface area contributed by atoms with E-state index in [1.165, 1.54) is 99.8 Å². The molecule has 11 rings (SSSR count). The van der Waals surface area contributed by atoms with Crippen molar-refractivity contribution in [3.05, 3.63) is 210 Å².